The van der Waals surface area contributed by atoms with Crippen LogP contribution in [0.2, 0.25) is 0 Å². The van der Waals surface area contributed by atoms with Crippen LogP contribution in [0.5, 0.6) is 5.75 Å². The summed E-state index contributed by atoms with van der Waals surface area (Å²) < 4.78 is 35.4. The van der Waals surface area contributed by atoms with Crippen molar-refractivity contribution in [2.24, 2.45) is 0 Å². The number of nitrogens with zero attached hydrogens (tertiary/aromatic N) is 3. The van der Waals surface area contributed by atoms with E-state index in [9.17, 15) is 18.4 Å². The molecule has 0 aliphatic heterocycles. The Morgan fingerprint density at radius 3 is 2.52 bits per heavy atom. The zero-order valence-electron chi connectivity index (χ0n) is 16.8. The van der Waals surface area contributed by atoms with E-state index >= 15 is 0 Å². The van der Waals surface area contributed by atoms with Crippen LogP contribution < -0.4 is 10.1 Å². The molecule has 0 saturated heterocycles. The van der Waals surface area contributed by atoms with E-state index in [4.69, 9.17) is 4.74 Å². The predicted molar refractivity (Wildman–Crippen MR) is 108 cm³/mol. The highest BCUT2D eigenvalue weighted by Gasteiger charge is 2.20. The lowest BCUT2D eigenvalue weighted by atomic mass is 10.2. The number of benzene rings is 2. The minimum atomic E-state index is -2.92. The summed E-state index contributed by atoms with van der Waals surface area (Å²) in [5, 5.41) is 10.7. The van der Waals surface area contributed by atoms with E-state index in [0.717, 1.165) is 0 Å². The third-order valence-corrected chi connectivity index (χ3v) is 4.25. The molecule has 0 aliphatic rings. The maximum absolute atomic E-state index is 12.8. The minimum Gasteiger partial charge on any atom is -0.462 e. The van der Waals surface area contributed by atoms with Crippen molar-refractivity contribution in [1.29, 1.82) is 0 Å². The molecule has 1 N–H and O–H groups in total. The van der Waals surface area contributed by atoms with Crippen molar-refractivity contribution in [3.63, 3.8) is 0 Å². The van der Waals surface area contributed by atoms with Crippen LogP contribution >= 0.6 is 0 Å². The van der Waals surface area contributed by atoms with E-state index in [-0.39, 0.29) is 18.1 Å². The molecule has 8 nitrogen and oxygen atoms in total. The molecule has 1 aromatic heterocycles. The molecule has 0 radical (unpaired) electrons. The number of nitrogens with one attached hydrogen (secondary N) is 1. The first-order chi connectivity index (χ1) is 14.9. The number of hydrogen-bond acceptors (Lipinski definition) is 6. The van der Waals surface area contributed by atoms with Crippen molar-refractivity contribution in [1.82, 2.24) is 15.0 Å². The highest BCUT2D eigenvalue weighted by molar-refractivity contribution is 6.04. The second kappa shape index (κ2) is 9.79. The second-order valence-corrected chi connectivity index (χ2v) is 6.28. The Hall–Kier alpha value is -3.82. The number of esters is 1. The van der Waals surface area contributed by atoms with Gasteiger partial charge in [0, 0.05) is 5.69 Å². The Kier molecular flexibility index (Phi) is 6.91. The van der Waals surface area contributed by atoms with Crippen LogP contribution in [-0.2, 0) is 11.2 Å². The number of carbonyl (C=O) groups is 2. The van der Waals surface area contributed by atoms with E-state index in [1.165, 1.54) is 35.0 Å². The predicted octanol–water partition coefficient (Wildman–Crippen LogP) is 3.86. The number of aromatic nitrogens is 3. The fourth-order valence-electron chi connectivity index (χ4n) is 2.90. The SMILES string of the molecule is CCOC(=O)c1cccc(NC(=O)c2nnn(-c3ccc(OC(F)F)cc3)c2CC)c1. The third kappa shape index (κ3) is 5.21. The minimum absolute atomic E-state index is 0.0105. The van der Waals surface area contributed by atoms with E-state index < -0.39 is 18.5 Å². The summed E-state index contributed by atoms with van der Waals surface area (Å²) in [5.41, 5.74) is 1.89. The van der Waals surface area contributed by atoms with Crippen molar-refractivity contribution in [3.8, 4) is 11.4 Å². The molecule has 0 spiro atoms. The molecule has 0 aliphatic carbocycles. The lowest BCUT2D eigenvalue weighted by Crippen LogP contribution is -2.16. The Morgan fingerprint density at radius 2 is 1.87 bits per heavy atom. The highest BCUT2D eigenvalue weighted by atomic mass is 19.3. The van der Waals surface area contributed by atoms with Crippen molar-refractivity contribution in [2.45, 2.75) is 26.9 Å². The first kappa shape index (κ1) is 21.9. The third-order valence-electron chi connectivity index (χ3n) is 4.25. The van der Waals surface area contributed by atoms with E-state index in [0.29, 0.717) is 29.1 Å². The normalized spacial score (nSPS) is 10.7. The van der Waals surface area contributed by atoms with Crippen molar-refractivity contribution in [2.75, 3.05) is 11.9 Å². The Bertz CT molecular complexity index is 1070. The fraction of sp³-hybridized carbons (Fsp3) is 0.238. The van der Waals surface area contributed by atoms with Gasteiger partial charge in [0.25, 0.3) is 5.91 Å². The van der Waals surface area contributed by atoms with Gasteiger partial charge in [-0.25, -0.2) is 9.48 Å². The molecule has 162 valence electrons. The first-order valence-electron chi connectivity index (χ1n) is 9.51. The summed E-state index contributed by atoms with van der Waals surface area (Å²) in [6, 6.07) is 12.2. The standard InChI is InChI=1S/C21H20F2N4O4/c1-3-17-18(19(28)24-14-7-5-6-13(12-14)20(29)30-4-2)25-26-27(17)15-8-10-16(11-9-15)31-21(22)23/h5-12,21H,3-4H2,1-2H3,(H,24,28). The number of alkyl halides is 2. The van der Waals surface area contributed by atoms with Gasteiger partial charge in [0.15, 0.2) is 5.69 Å². The molecule has 0 atom stereocenters. The summed E-state index contributed by atoms with van der Waals surface area (Å²) in [6.07, 6.45) is 0.438. The molecule has 1 amide bonds. The van der Waals surface area contributed by atoms with Crippen LogP contribution in [0.3, 0.4) is 0 Å². The van der Waals surface area contributed by atoms with Gasteiger partial charge in [0.05, 0.1) is 23.6 Å². The van der Waals surface area contributed by atoms with Crippen molar-refractivity contribution in [3.05, 3.63) is 65.5 Å². The number of rotatable bonds is 8. The molecule has 31 heavy (non-hydrogen) atoms. The average molecular weight is 430 g/mol. The second-order valence-electron chi connectivity index (χ2n) is 6.28. The number of anilines is 1. The molecule has 0 unspecified atom stereocenters. The van der Waals surface area contributed by atoms with Gasteiger partial charge >= 0.3 is 12.6 Å². The van der Waals surface area contributed by atoms with Gasteiger partial charge in [0.2, 0.25) is 0 Å². The van der Waals surface area contributed by atoms with E-state index in [1.54, 1.807) is 25.1 Å². The Labute approximate surface area is 176 Å². The van der Waals surface area contributed by atoms with Crippen molar-refractivity contribution < 1.29 is 27.8 Å². The largest absolute Gasteiger partial charge is 0.462 e. The van der Waals surface area contributed by atoms with Gasteiger partial charge in [-0.15, -0.1) is 5.10 Å². The van der Waals surface area contributed by atoms with Crippen LogP contribution in [0.4, 0.5) is 14.5 Å². The maximum Gasteiger partial charge on any atom is 0.387 e. The van der Waals surface area contributed by atoms with Crippen LogP contribution in [-0.4, -0.2) is 40.1 Å². The summed E-state index contributed by atoms with van der Waals surface area (Å²) in [6.45, 7) is 0.870. The first-order valence-corrected chi connectivity index (χ1v) is 9.51. The van der Waals surface area contributed by atoms with Crippen LogP contribution in [0.15, 0.2) is 48.5 Å². The molecule has 2 aromatic carbocycles. The highest BCUT2D eigenvalue weighted by Crippen LogP contribution is 2.20. The molecule has 10 heteroatoms. The molecule has 3 aromatic rings. The Morgan fingerprint density at radius 1 is 1.13 bits per heavy atom. The van der Waals surface area contributed by atoms with Crippen LogP contribution in [0.25, 0.3) is 5.69 Å². The number of hydrogen-bond donors (Lipinski definition) is 1. The molecular formula is C21H20F2N4O4. The van der Waals surface area contributed by atoms with Crippen LogP contribution in [0.1, 0.15) is 40.4 Å². The van der Waals surface area contributed by atoms with E-state index in [1.807, 2.05) is 6.92 Å². The van der Waals surface area contributed by atoms with Gasteiger partial charge in [-0.1, -0.05) is 18.2 Å². The molecule has 0 saturated carbocycles. The monoisotopic (exact) mass is 430 g/mol. The smallest absolute Gasteiger partial charge is 0.387 e. The summed E-state index contributed by atoms with van der Waals surface area (Å²) in [7, 11) is 0. The molecule has 0 fully saturated rings. The van der Waals surface area contributed by atoms with E-state index in [2.05, 4.69) is 20.4 Å². The lowest BCUT2D eigenvalue weighted by molar-refractivity contribution is -0.0498. The molecule has 1 heterocycles. The van der Waals surface area contributed by atoms with Gasteiger partial charge in [0.1, 0.15) is 5.75 Å². The topological polar surface area (TPSA) is 95.3 Å². The van der Waals surface area contributed by atoms with Gasteiger partial charge in [-0.2, -0.15) is 8.78 Å². The van der Waals surface area contributed by atoms with Gasteiger partial charge in [-0.05, 0) is 55.8 Å². The zero-order chi connectivity index (χ0) is 22.4. The number of amides is 1. The maximum atomic E-state index is 12.8. The van der Waals surface area contributed by atoms with Gasteiger partial charge in [-0.3, -0.25) is 4.79 Å². The summed E-state index contributed by atoms with van der Waals surface area (Å²) >= 11 is 0. The molecule has 0 bridgehead atoms. The number of ether oxygens (including phenoxy) is 2. The van der Waals surface area contributed by atoms with Crippen molar-refractivity contribution >= 4 is 17.6 Å². The quantitative estimate of drug-likeness (QED) is 0.546. The molecule has 3 rings (SSSR count). The summed E-state index contributed by atoms with van der Waals surface area (Å²) in [5.74, 6) is -0.976. The zero-order valence-corrected chi connectivity index (χ0v) is 16.8. The molecular weight excluding hydrogens is 410 g/mol. The summed E-state index contributed by atoms with van der Waals surface area (Å²) in [4.78, 5) is 24.7. The Balaban J connectivity index is 1.81. The van der Waals surface area contributed by atoms with Gasteiger partial charge < -0.3 is 14.8 Å². The number of carbonyl (C=O) groups excluding carboxylic acids is 2. The lowest BCUT2D eigenvalue weighted by Gasteiger charge is -2.09. The number of halogens is 2. The average Bonchev–Trinajstić information content (AvgIpc) is 3.18. The fourth-order valence-corrected chi connectivity index (χ4v) is 2.90. The van der Waals surface area contributed by atoms with Crippen LogP contribution in [0, 0.1) is 0 Å².